The minimum Gasteiger partial charge on any atom is -0.350 e. The van der Waals surface area contributed by atoms with Crippen LogP contribution in [0.15, 0.2) is 24.3 Å². The van der Waals surface area contributed by atoms with Gasteiger partial charge in [0.1, 0.15) is 0 Å². The van der Waals surface area contributed by atoms with Gasteiger partial charge in [-0.15, -0.1) is 0 Å². The van der Waals surface area contributed by atoms with Crippen LogP contribution < -0.4 is 10.6 Å². The molecular formula is C17H26N2O. The van der Waals surface area contributed by atoms with E-state index in [1.54, 1.807) is 0 Å². The molecule has 1 heterocycles. The lowest BCUT2D eigenvalue weighted by Crippen LogP contribution is -2.35. The van der Waals surface area contributed by atoms with Gasteiger partial charge in [-0.1, -0.05) is 31.2 Å². The van der Waals surface area contributed by atoms with Gasteiger partial charge in [0.25, 0.3) is 0 Å². The molecule has 2 rings (SSSR count). The van der Waals surface area contributed by atoms with Gasteiger partial charge in [-0.05, 0) is 56.3 Å². The minimum absolute atomic E-state index is 0.0879. The van der Waals surface area contributed by atoms with E-state index >= 15 is 0 Å². The molecule has 3 heteroatoms. The largest absolute Gasteiger partial charge is 0.350 e. The molecule has 0 saturated carbocycles. The maximum Gasteiger partial charge on any atom is 0.220 e. The van der Waals surface area contributed by atoms with E-state index in [1.165, 1.54) is 24.0 Å². The van der Waals surface area contributed by atoms with Crippen LogP contribution in [0, 0.1) is 5.92 Å². The second-order valence-corrected chi connectivity index (χ2v) is 5.80. The van der Waals surface area contributed by atoms with E-state index in [0.717, 1.165) is 19.5 Å². The van der Waals surface area contributed by atoms with Crippen molar-refractivity contribution in [1.82, 2.24) is 10.6 Å². The monoisotopic (exact) mass is 274 g/mol. The van der Waals surface area contributed by atoms with Gasteiger partial charge in [0.2, 0.25) is 5.91 Å². The number of carbonyl (C=O) groups excluding carboxylic acids is 1. The van der Waals surface area contributed by atoms with Crippen LogP contribution in [0.2, 0.25) is 0 Å². The van der Waals surface area contributed by atoms with E-state index < -0.39 is 0 Å². The number of benzene rings is 1. The molecule has 1 aromatic rings. The lowest BCUT2D eigenvalue weighted by molar-refractivity contribution is -0.122. The number of piperidine rings is 1. The number of hydrogen-bond acceptors (Lipinski definition) is 2. The zero-order chi connectivity index (χ0) is 14.4. The fraction of sp³-hybridized carbons (Fsp3) is 0.588. The maximum absolute atomic E-state index is 12.1. The summed E-state index contributed by atoms with van der Waals surface area (Å²) in [5.41, 5.74) is 2.51. The maximum atomic E-state index is 12.1. The highest BCUT2D eigenvalue weighted by molar-refractivity contribution is 5.76. The molecule has 2 N–H and O–H groups in total. The van der Waals surface area contributed by atoms with Gasteiger partial charge in [-0.3, -0.25) is 4.79 Å². The molecule has 20 heavy (non-hydrogen) atoms. The molecule has 0 radical (unpaired) electrons. The number of amides is 1. The molecule has 2 unspecified atom stereocenters. The van der Waals surface area contributed by atoms with E-state index in [1.807, 2.05) is 0 Å². The van der Waals surface area contributed by atoms with E-state index in [0.29, 0.717) is 12.3 Å². The number of rotatable bonds is 5. The van der Waals surface area contributed by atoms with Gasteiger partial charge in [0.05, 0.1) is 6.04 Å². The first-order chi connectivity index (χ1) is 9.69. The van der Waals surface area contributed by atoms with E-state index in [2.05, 4.69) is 48.7 Å². The summed E-state index contributed by atoms with van der Waals surface area (Å²) in [4.78, 5) is 12.1. The van der Waals surface area contributed by atoms with Crippen LogP contribution in [0.4, 0.5) is 0 Å². The van der Waals surface area contributed by atoms with E-state index in [-0.39, 0.29) is 11.9 Å². The summed E-state index contributed by atoms with van der Waals surface area (Å²) in [6.07, 6.45) is 4.05. The summed E-state index contributed by atoms with van der Waals surface area (Å²) < 4.78 is 0. The first-order valence-electron chi connectivity index (χ1n) is 7.78. The van der Waals surface area contributed by atoms with Crippen molar-refractivity contribution in [2.45, 2.75) is 45.6 Å². The number of hydrogen-bond donors (Lipinski definition) is 2. The van der Waals surface area contributed by atoms with Crippen LogP contribution in [0.3, 0.4) is 0 Å². The van der Waals surface area contributed by atoms with Crippen molar-refractivity contribution >= 4 is 5.91 Å². The Kier molecular flexibility index (Phi) is 5.60. The fourth-order valence-corrected chi connectivity index (χ4v) is 2.79. The number of nitrogens with one attached hydrogen (secondary N) is 2. The molecule has 0 aliphatic carbocycles. The Bertz CT molecular complexity index is 421. The van der Waals surface area contributed by atoms with Gasteiger partial charge < -0.3 is 10.6 Å². The molecule has 110 valence electrons. The molecule has 3 nitrogen and oxygen atoms in total. The Morgan fingerprint density at radius 1 is 1.40 bits per heavy atom. The first-order valence-corrected chi connectivity index (χ1v) is 7.78. The Balaban J connectivity index is 1.82. The second-order valence-electron chi connectivity index (χ2n) is 5.80. The molecule has 1 fully saturated rings. The van der Waals surface area contributed by atoms with Crippen LogP contribution in [0.25, 0.3) is 0 Å². The average Bonchev–Trinajstić information content (AvgIpc) is 2.48. The normalized spacial score (nSPS) is 20.4. The highest BCUT2D eigenvalue weighted by Crippen LogP contribution is 2.17. The van der Waals surface area contributed by atoms with Crippen molar-refractivity contribution in [3.05, 3.63) is 35.4 Å². The standard InChI is InChI=1S/C17H26N2O/c1-3-14-6-8-16(9-7-14)13(2)19-17(20)11-15-5-4-10-18-12-15/h6-9,13,15,18H,3-5,10-12H2,1-2H3,(H,19,20). The quantitative estimate of drug-likeness (QED) is 0.867. The second kappa shape index (κ2) is 7.44. The predicted octanol–water partition coefficient (Wildman–Crippen LogP) is 2.82. The van der Waals surface area contributed by atoms with Gasteiger partial charge in [-0.2, -0.15) is 0 Å². The third-order valence-electron chi connectivity index (χ3n) is 4.14. The third-order valence-corrected chi connectivity index (χ3v) is 4.14. The van der Waals surface area contributed by atoms with Gasteiger partial charge in [0.15, 0.2) is 0 Å². The number of carbonyl (C=O) groups is 1. The van der Waals surface area contributed by atoms with Crippen LogP contribution in [0.5, 0.6) is 0 Å². The Morgan fingerprint density at radius 2 is 2.15 bits per heavy atom. The summed E-state index contributed by atoms with van der Waals surface area (Å²) in [5, 5.41) is 6.47. The van der Waals surface area contributed by atoms with E-state index in [4.69, 9.17) is 0 Å². The molecule has 0 aromatic heterocycles. The van der Waals surface area contributed by atoms with Crippen molar-refractivity contribution in [2.75, 3.05) is 13.1 Å². The molecule has 0 spiro atoms. The Hall–Kier alpha value is -1.35. The number of aryl methyl sites for hydroxylation is 1. The van der Waals surface area contributed by atoms with Gasteiger partial charge >= 0.3 is 0 Å². The van der Waals surface area contributed by atoms with Crippen LogP contribution >= 0.6 is 0 Å². The summed E-state index contributed by atoms with van der Waals surface area (Å²) in [7, 11) is 0. The molecule has 1 aromatic carbocycles. The van der Waals surface area contributed by atoms with Crippen LogP contribution in [-0.2, 0) is 11.2 Å². The zero-order valence-electron chi connectivity index (χ0n) is 12.6. The van der Waals surface area contributed by atoms with Crippen molar-refractivity contribution in [3.8, 4) is 0 Å². The van der Waals surface area contributed by atoms with Crippen molar-refractivity contribution < 1.29 is 4.79 Å². The smallest absolute Gasteiger partial charge is 0.220 e. The van der Waals surface area contributed by atoms with Crippen molar-refractivity contribution in [1.29, 1.82) is 0 Å². The minimum atomic E-state index is 0.0879. The average molecular weight is 274 g/mol. The summed E-state index contributed by atoms with van der Waals surface area (Å²) in [6.45, 7) is 6.28. The SMILES string of the molecule is CCc1ccc(C(C)NC(=O)CC2CCCNC2)cc1. The highest BCUT2D eigenvalue weighted by Gasteiger charge is 2.18. The molecule has 2 atom stereocenters. The van der Waals surface area contributed by atoms with Crippen LogP contribution in [0.1, 0.15) is 50.3 Å². The summed E-state index contributed by atoms with van der Waals surface area (Å²) >= 11 is 0. The molecule has 1 amide bonds. The van der Waals surface area contributed by atoms with Gasteiger partial charge in [0, 0.05) is 6.42 Å². The molecule has 1 aliphatic heterocycles. The predicted molar refractivity (Wildman–Crippen MR) is 82.6 cm³/mol. The van der Waals surface area contributed by atoms with Crippen LogP contribution in [-0.4, -0.2) is 19.0 Å². The third kappa shape index (κ3) is 4.34. The summed E-state index contributed by atoms with van der Waals surface area (Å²) in [6, 6.07) is 8.61. The highest BCUT2D eigenvalue weighted by atomic mass is 16.1. The van der Waals surface area contributed by atoms with Crippen molar-refractivity contribution in [2.24, 2.45) is 5.92 Å². The Labute approximate surface area is 122 Å². The topological polar surface area (TPSA) is 41.1 Å². The molecule has 1 saturated heterocycles. The first kappa shape index (κ1) is 15.0. The molecule has 0 bridgehead atoms. The van der Waals surface area contributed by atoms with Crippen molar-refractivity contribution in [3.63, 3.8) is 0 Å². The van der Waals surface area contributed by atoms with Gasteiger partial charge in [-0.25, -0.2) is 0 Å². The fourth-order valence-electron chi connectivity index (χ4n) is 2.79. The lowest BCUT2D eigenvalue weighted by atomic mass is 9.95. The Morgan fingerprint density at radius 3 is 2.75 bits per heavy atom. The lowest BCUT2D eigenvalue weighted by Gasteiger charge is -2.23. The molecule has 1 aliphatic rings. The van der Waals surface area contributed by atoms with E-state index in [9.17, 15) is 4.79 Å². The molecular weight excluding hydrogens is 248 g/mol. The zero-order valence-corrected chi connectivity index (χ0v) is 12.6. The summed E-state index contributed by atoms with van der Waals surface area (Å²) in [5.74, 6) is 0.671.